The van der Waals surface area contributed by atoms with Crippen LogP contribution in [-0.2, 0) is 6.54 Å². The number of rotatable bonds is 8. The zero-order valence-electron chi connectivity index (χ0n) is 22.7. The normalized spacial score (nSPS) is 12.3. The maximum atomic E-state index is 13.3. The van der Waals surface area contributed by atoms with Crippen LogP contribution >= 0.6 is 11.3 Å². The highest BCUT2D eigenvalue weighted by Gasteiger charge is 2.76. The van der Waals surface area contributed by atoms with E-state index in [1.807, 2.05) is 12.1 Å². The molecule has 18 heteroatoms. The van der Waals surface area contributed by atoms with E-state index in [0.29, 0.717) is 29.1 Å². The minimum Gasteiger partial charge on any atom is -0.497 e. The van der Waals surface area contributed by atoms with Gasteiger partial charge in [-0.3, -0.25) is 19.3 Å². The summed E-state index contributed by atoms with van der Waals surface area (Å²) in [6.07, 6.45) is -8.00. The third-order valence-electron chi connectivity index (χ3n) is 6.33. The molecule has 0 saturated carbocycles. The van der Waals surface area contributed by atoms with Crippen molar-refractivity contribution in [3.63, 3.8) is 0 Å². The maximum Gasteiger partial charge on any atom is 0.435 e. The number of hydrogen-bond donors (Lipinski definition) is 2. The quantitative estimate of drug-likeness (QED) is 0.222. The largest absolute Gasteiger partial charge is 0.497 e. The monoisotopic (exact) mass is 651 g/mol. The fraction of sp³-hybridized carbons (Fsp3) is 0.185. The van der Waals surface area contributed by atoms with Gasteiger partial charge in [-0.1, -0.05) is 18.2 Å². The molecule has 4 aromatic heterocycles. The van der Waals surface area contributed by atoms with E-state index in [0.717, 1.165) is 16.9 Å². The Labute approximate surface area is 252 Å². The van der Waals surface area contributed by atoms with Crippen LogP contribution in [0.25, 0.3) is 22.0 Å². The van der Waals surface area contributed by atoms with Crippen molar-refractivity contribution in [3.8, 4) is 27.7 Å². The Morgan fingerprint density at radius 1 is 1.02 bits per heavy atom. The molecule has 4 heterocycles. The molecule has 5 aromatic rings. The summed E-state index contributed by atoms with van der Waals surface area (Å²) in [5.41, 5.74) is -5.46. The zero-order chi connectivity index (χ0) is 32.6. The Kier molecular flexibility index (Phi) is 8.19. The topological polar surface area (TPSA) is 137 Å². The van der Waals surface area contributed by atoms with Crippen LogP contribution in [0.4, 0.5) is 32.0 Å². The number of aromatic nitrogens is 6. The highest BCUT2D eigenvalue weighted by molar-refractivity contribution is 7.13. The molecule has 1 aromatic carbocycles. The molecular weight excluding hydrogens is 632 g/mol. The summed E-state index contributed by atoms with van der Waals surface area (Å²) < 4.78 is 86.5. The van der Waals surface area contributed by atoms with Crippen molar-refractivity contribution in [2.75, 3.05) is 12.4 Å². The molecule has 45 heavy (non-hydrogen) atoms. The maximum absolute atomic E-state index is 13.3. The van der Waals surface area contributed by atoms with Gasteiger partial charge in [-0.2, -0.15) is 36.5 Å². The predicted molar refractivity (Wildman–Crippen MR) is 147 cm³/mol. The molecule has 0 unspecified atom stereocenters. The predicted octanol–water partition coefficient (Wildman–Crippen LogP) is 5.07. The van der Waals surface area contributed by atoms with Crippen LogP contribution in [0.15, 0.2) is 72.6 Å². The van der Waals surface area contributed by atoms with Crippen molar-refractivity contribution in [2.24, 2.45) is 0 Å². The molecule has 1 amide bonds. The van der Waals surface area contributed by atoms with Crippen molar-refractivity contribution >= 4 is 28.8 Å². The van der Waals surface area contributed by atoms with Gasteiger partial charge in [0.1, 0.15) is 22.1 Å². The third kappa shape index (κ3) is 6.14. The number of methoxy groups -OCH3 is 1. The molecule has 11 nitrogen and oxygen atoms in total. The molecule has 0 aliphatic rings. The second-order valence-corrected chi connectivity index (χ2v) is 10.2. The van der Waals surface area contributed by atoms with Crippen molar-refractivity contribution < 1.29 is 45.8 Å². The molecule has 0 aliphatic carbocycles. The first-order valence-electron chi connectivity index (χ1n) is 12.6. The Balaban J connectivity index is 1.40. The number of alkyl halides is 6. The van der Waals surface area contributed by atoms with Gasteiger partial charge in [-0.25, -0.2) is 9.67 Å². The van der Waals surface area contributed by atoms with Crippen LogP contribution in [0.5, 0.6) is 5.75 Å². The number of thiazole rings is 1. The smallest absolute Gasteiger partial charge is 0.435 e. The van der Waals surface area contributed by atoms with Gasteiger partial charge in [0.25, 0.3) is 11.8 Å². The molecular formula is C27H19F6N7O4S. The zero-order valence-corrected chi connectivity index (χ0v) is 23.5. The van der Waals surface area contributed by atoms with E-state index in [9.17, 15) is 41.0 Å². The molecule has 0 radical (unpaired) electrons. The second-order valence-electron chi connectivity index (χ2n) is 9.33. The van der Waals surface area contributed by atoms with Crippen LogP contribution in [0, 0.1) is 0 Å². The molecule has 234 valence electrons. The third-order valence-corrected chi connectivity index (χ3v) is 7.22. The molecule has 0 aliphatic heterocycles. The summed E-state index contributed by atoms with van der Waals surface area (Å²) >= 11 is 1.07. The number of nitrogens with one attached hydrogen (secondary N) is 1. The van der Waals surface area contributed by atoms with E-state index in [2.05, 4.69) is 25.5 Å². The number of benzene rings is 1. The summed E-state index contributed by atoms with van der Waals surface area (Å²) in [6.45, 7) is 0.430. The summed E-state index contributed by atoms with van der Waals surface area (Å²) in [4.78, 5) is 33.7. The molecule has 0 bridgehead atoms. The number of amides is 1. The first-order chi connectivity index (χ1) is 21.2. The summed E-state index contributed by atoms with van der Waals surface area (Å²) in [6, 6.07) is 11.5. The number of aliphatic hydroxyl groups is 1. The average molecular weight is 652 g/mol. The van der Waals surface area contributed by atoms with Crippen LogP contribution < -0.4 is 10.1 Å². The van der Waals surface area contributed by atoms with Gasteiger partial charge in [-0.15, -0.1) is 11.3 Å². The number of carbonyl (C=O) groups excluding carboxylic acids is 2. The minimum atomic E-state index is -6.44. The average Bonchev–Trinajstić information content (AvgIpc) is 3.76. The van der Waals surface area contributed by atoms with E-state index in [-0.39, 0.29) is 16.1 Å². The second kappa shape index (κ2) is 11.8. The molecule has 0 spiro atoms. The van der Waals surface area contributed by atoms with Crippen LogP contribution in [0.1, 0.15) is 20.8 Å². The lowest BCUT2D eigenvalue weighted by Crippen LogP contribution is -2.63. The standard InChI is InChI=1S/C27H19F6N7O4S/c1-44-17-7-5-15(6-8-17)11-39-12-16(10-35-39)23-37-20(14-45-23)22(41)36-19-13-40(38-21(19)18-4-2-3-9-34-18)24(42)25(43,26(28,29)30)27(31,32)33/h2-10,12-14,43H,11H2,1H3,(H,36,41). The lowest BCUT2D eigenvalue weighted by Gasteiger charge is -2.30. The van der Waals surface area contributed by atoms with Crippen molar-refractivity contribution in [3.05, 3.63) is 83.9 Å². The Morgan fingerprint density at radius 2 is 1.73 bits per heavy atom. The highest BCUT2D eigenvalue weighted by Crippen LogP contribution is 2.44. The van der Waals surface area contributed by atoms with Gasteiger partial charge < -0.3 is 15.2 Å². The summed E-state index contributed by atoms with van der Waals surface area (Å²) in [7, 11) is 1.56. The van der Waals surface area contributed by atoms with E-state index in [1.54, 1.807) is 30.1 Å². The number of anilines is 1. The van der Waals surface area contributed by atoms with Crippen LogP contribution in [0.3, 0.4) is 0 Å². The molecule has 5 rings (SSSR count). The van der Waals surface area contributed by atoms with E-state index < -0.39 is 41.1 Å². The summed E-state index contributed by atoms with van der Waals surface area (Å²) in [5, 5.41) is 21.4. The number of pyridine rings is 1. The number of hydrogen-bond acceptors (Lipinski definition) is 9. The molecule has 0 atom stereocenters. The van der Waals surface area contributed by atoms with Gasteiger partial charge in [-0.05, 0) is 29.8 Å². The highest BCUT2D eigenvalue weighted by atomic mass is 32.1. The van der Waals surface area contributed by atoms with Gasteiger partial charge in [0.2, 0.25) is 0 Å². The van der Waals surface area contributed by atoms with Crippen molar-refractivity contribution in [2.45, 2.75) is 24.5 Å². The first kappa shape index (κ1) is 31.3. The SMILES string of the molecule is COc1ccc(Cn2cc(-c3nc(C(=O)Nc4cn(C(=O)C(O)(C(F)(F)F)C(F)(F)F)nc4-c4ccccn4)cs3)cn2)cc1. The molecule has 0 saturated heterocycles. The van der Waals surface area contributed by atoms with E-state index >= 15 is 0 Å². The van der Waals surface area contributed by atoms with E-state index in [4.69, 9.17) is 4.74 Å². The van der Waals surface area contributed by atoms with Crippen LogP contribution in [0.2, 0.25) is 0 Å². The van der Waals surface area contributed by atoms with Crippen molar-refractivity contribution in [1.82, 2.24) is 29.5 Å². The molecule has 0 fully saturated rings. The number of nitrogens with zero attached hydrogens (tertiary/aromatic N) is 6. The van der Waals surface area contributed by atoms with Gasteiger partial charge in [0.05, 0.1) is 37.4 Å². The number of halogens is 6. The molecule has 2 N–H and O–H groups in total. The lowest BCUT2D eigenvalue weighted by atomic mass is 10.0. The van der Waals surface area contributed by atoms with Crippen LogP contribution in [-0.4, -0.2) is 71.5 Å². The number of ether oxygens (including phenoxy) is 1. The fourth-order valence-corrected chi connectivity index (χ4v) is 4.78. The Bertz CT molecular complexity index is 1820. The first-order valence-corrected chi connectivity index (χ1v) is 13.4. The van der Waals surface area contributed by atoms with Gasteiger partial charge in [0, 0.05) is 23.3 Å². The lowest BCUT2D eigenvalue weighted by molar-refractivity contribution is -0.344. The Morgan fingerprint density at radius 3 is 2.36 bits per heavy atom. The van der Waals surface area contributed by atoms with Crippen molar-refractivity contribution in [1.29, 1.82) is 0 Å². The van der Waals surface area contributed by atoms with Gasteiger partial charge >= 0.3 is 18.0 Å². The minimum absolute atomic E-state index is 0.106. The van der Waals surface area contributed by atoms with Gasteiger partial charge in [0.15, 0.2) is 0 Å². The number of carbonyl (C=O) groups is 2. The fourth-order valence-electron chi connectivity index (χ4n) is 4.01. The summed E-state index contributed by atoms with van der Waals surface area (Å²) in [5.74, 6) is -3.08. The van der Waals surface area contributed by atoms with E-state index in [1.165, 1.54) is 36.0 Å². The Hall–Kier alpha value is -5.10.